The van der Waals surface area contributed by atoms with E-state index in [1.807, 2.05) is 42.5 Å². The van der Waals surface area contributed by atoms with Crippen molar-refractivity contribution in [1.82, 2.24) is 19.6 Å². The summed E-state index contributed by atoms with van der Waals surface area (Å²) in [7, 11) is 0. The largest absolute Gasteiger partial charge is 0.366 e. The number of nitrogens with zero attached hydrogens (tertiary/aromatic N) is 5. The Balaban J connectivity index is 1.47. The van der Waals surface area contributed by atoms with Crippen molar-refractivity contribution in [3.63, 3.8) is 0 Å². The van der Waals surface area contributed by atoms with Gasteiger partial charge in [-0.15, -0.1) is 5.10 Å². The topological polar surface area (TPSA) is 146 Å². The fourth-order valence-electron chi connectivity index (χ4n) is 4.15. The van der Waals surface area contributed by atoms with Crippen LogP contribution >= 0.6 is 0 Å². The summed E-state index contributed by atoms with van der Waals surface area (Å²) in [6, 6.07) is 17.3. The number of rotatable bonds is 6. The lowest BCUT2D eigenvalue weighted by atomic mass is 9.92. The number of carbonyl (C=O) groups excluding carboxylic acids is 1. The van der Waals surface area contributed by atoms with Crippen molar-refractivity contribution in [2.24, 2.45) is 5.73 Å². The number of imidazole rings is 1. The molecular formula is C25H25N9O. The number of fused-ring (bicyclic) bond motifs is 1. The van der Waals surface area contributed by atoms with Crippen LogP contribution in [0.1, 0.15) is 41.7 Å². The Bertz CT molecular complexity index is 1370. The number of benzene rings is 1. The van der Waals surface area contributed by atoms with Crippen molar-refractivity contribution in [1.29, 1.82) is 5.26 Å². The minimum Gasteiger partial charge on any atom is -0.366 e. The number of nitrogens with one attached hydrogen (secondary N) is 3. The van der Waals surface area contributed by atoms with Crippen molar-refractivity contribution < 1.29 is 4.79 Å². The molecule has 0 radical (unpaired) electrons. The summed E-state index contributed by atoms with van der Waals surface area (Å²) in [5, 5.41) is 23.3. The lowest BCUT2D eigenvalue weighted by molar-refractivity contribution is 0.102. The lowest BCUT2D eigenvalue weighted by Crippen LogP contribution is -2.33. The third-order valence-electron chi connectivity index (χ3n) is 6.01. The molecule has 0 bridgehead atoms. The maximum Gasteiger partial charge on any atom is 0.277 e. The zero-order valence-electron chi connectivity index (χ0n) is 19.0. The number of pyridine rings is 1. The third kappa shape index (κ3) is 5.05. The molecule has 1 saturated carbocycles. The van der Waals surface area contributed by atoms with Gasteiger partial charge in [0, 0.05) is 30.0 Å². The van der Waals surface area contributed by atoms with Gasteiger partial charge in [-0.3, -0.25) is 4.79 Å². The molecule has 0 atom stereocenters. The number of carbonyl (C=O) groups is 1. The highest BCUT2D eigenvalue weighted by atomic mass is 16.2. The van der Waals surface area contributed by atoms with E-state index in [4.69, 9.17) is 11.0 Å². The third-order valence-corrected chi connectivity index (χ3v) is 6.01. The van der Waals surface area contributed by atoms with Gasteiger partial charge < -0.3 is 21.7 Å². The Hall–Kier alpha value is -4.49. The van der Waals surface area contributed by atoms with Gasteiger partial charge in [-0.05, 0) is 49.9 Å². The van der Waals surface area contributed by atoms with Gasteiger partial charge in [0.15, 0.2) is 11.3 Å². The number of para-hydroxylation sites is 1. The second-order valence-electron chi connectivity index (χ2n) is 8.57. The molecule has 0 aliphatic heterocycles. The number of anilines is 4. The summed E-state index contributed by atoms with van der Waals surface area (Å²) in [5.74, 6) is 0.563. The fourth-order valence-corrected chi connectivity index (χ4v) is 4.15. The van der Waals surface area contributed by atoms with Gasteiger partial charge in [0.05, 0.1) is 17.4 Å². The van der Waals surface area contributed by atoms with Gasteiger partial charge in [0.1, 0.15) is 17.7 Å². The first kappa shape index (κ1) is 22.3. The van der Waals surface area contributed by atoms with E-state index >= 15 is 0 Å². The summed E-state index contributed by atoms with van der Waals surface area (Å²) < 4.78 is 1.53. The highest BCUT2D eigenvalue weighted by molar-refractivity contribution is 6.03. The zero-order chi connectivity index (χ0) is 24.2. The number of amides is 1. The minimum absolute atomic E-state index is 0.249. The average molecular weight is 468 g/mol. The normalized spacial score (nSPS) is 17.5. The van der Waals surface area contributed by atoms with E-state index in [1.165, 1.54) is 16.9 Å². The Morgan fingerprint density at radius 3 is 2.54 bits per heavy atom. The van der Waals surface area contributed by atoms with Crippen LogP contribution in [0.5, 0.6) is 0 Å². The number of hydrogen-bond acceptors (Lipinski definition) is 8. The van der Waals surface area contributed by atoms with Crippen LogP contribution < -0.4 is 21.7 Å². The summed E-state index contributed by atoms with van der Waals surface area (Å²) in [5.41, 5.74) is 8.87. The molecule has 0 spiro atoms. The minimum atomic E-state index is -0.409. The van der Waals surface area contributed by atoms with E-state index in [-0.39, 0.29) is 17.8 Å². The van der Waals surface area contributed by atoms with Crippen LogP contribution in [0.2, 0.25) is 0 Å². The molecule has 3 aromatic heterocycles. The van der Waals surface area contributed by atoms with Crippen LogP contribution in [-0.2, 0) is 0 Å². The summed E-state index contributed by atoms with van der Waals surface area (Å²) in [4.78, 5) is 21.7. The molecule has 1 aromatic carbocycles. The molecule has 3 heterocycles. The summed E-state index contributed by atoms with van der Waals surface area (Å²) in [6.45, 7) is 0. The molecule has 5 N–H and O–H groups in total. The van der Waals surface area contributed by atoms with Crippen LogP contribution in [0.25, 0.3) is 5.65 Å². The van der Waals surface area contributed by atoms with E-state index in [1.54, 1.807) is 12.1 Å². The van der Waals surface area contributed by atoms with E-state index in [0.29, 0.717) is 22.8 Å². The Morgan fingerprint density at radius 1 is 1.03 bits per heavy atom. The molecule has 0 unspecified atom stereocenters. The fraction of sp³-hybridized carbons (Fsp3) is 0.240. The number of hydrogen-bond donors (Lipinski definition) is 4. The van der Waals surface area contributed by atoms with Crippen LogP contribution in [0, 0.1) is 11.3 Å². The molecule has 35 heavy (non-hydrogen) atoms. The maximum atomic E-state index is 13.1. The van der Waals surface area contributed by atoms with Crippen LogP contribution in [0.15, 0.2) is 60.9 Å². The average Bonchev–Trinajstić information content (AvgIpc) is 3.31. The molecule has 1 aliphatic rings. The Labute approximate surface area is 202 Å². The first-order chi connectivity index (χ1) is 17.1. The van der Waals surface area contributed by atoms with Gasteiger partial charge in [0.2, 0.25) is 0 Å². The SMILES string of the molecule is N#Cc1ccc(NC(=O)c2cnc3c(Nc4ccccc4)cc(NC4CCC(N)CC4)nn23)nc1. The molecule has 1 fully saturated rings. The van der Waals surface area contributed by atoms with Crippen LogP contribution in [0.4, 0.5) is 23.0 Å². The predicted octanol–water partition coefficient (Wildman–Crippen LogP) is 3.67. The van der Waals surface area contributed by atoms with Gasteiger partial charge in [-0.1, -0.05) is 18.2 Å². The van der Waals surface area contributed by atoms with Crippen LogP contribution in [0.3, 0.4) is 0 Å². The maximum absolute atomic E-state index is 13.1. The second-order valence-corrected chi connectivity index (χ2v) is 8.57. The Morgan fingerprint density at radius 2 is 1.83 bits per heavy atom. The molecule has 176 valence electrons. The molecular weight excluding hydrogens is 442 g/mol. The smallest absolute Gasteiger partial charge is 0.277 e. The molecule has 0 saturated heterocycles. The van der Waals surface area contributed by atoms with Gasteiger partial charge in [0.25, 0.3) is 5.91 Å². The van der Waals surface area contributed by atoms with Crippen molar-refractivity contribution in [3.05, 3.63) is 72.2 Å². The second kappa shape index (κ2) is 9.79. The lowest BCUT2D eigenvalue weighted by Gasteiger charge is -2.27. The summed E-state index contributed by atoms with van der Waals surface area (Å²) in [6.07, 6.45) is 6.74. The molecule has 10 heteroatoms. The molecule has 1 amide bonds. The number of aromatic nitrogens is 4. The highest BCUT2D eigenvalue weighted by Crippen LogP contribution is 2.27. The van der Waals surface area contributed by atoms with Gasteiger partial charge >= 0.3 is 0 Å². The first-order valence-electron chi connectivity index (χ1n) is 11.5. The van der Waals surface area contributed by atoms with E-state index in [2.05, 4.69) is 31.0 Å². The Kier molecular flexibility index (Phi) is 6.24. The number of nitrogens with two attached hydrogens (primary N) is 1. The van der Waals surface area contributed by atoms with Crippen molar-refractivity contribution in [2.75, 3.05) is 16.0 Å². The standard InChI is InChI=1S/C25H25N9O/c26-13-16-6-11-22(28-14-16)32-25(35)21-15-29-24-20(30-18-4-2-1-3-5-18)12-23(33-34(21)24)31-19-9-7-17(27)8-10-19/h1-6,11-12,14-15,17,19,30H,7-10,27H2,(H,31,33)(H,28,32,35). The van der Waals surface area contributed by atoms with E-state index in [9.17, 15) is 4.79 Å². The van der Waals surface area contributed by atoms with Gasteiger partial charge in [-0.25, -0.2) is 14.5 Å². The highest BCUT2D eigenvalue weighted by Gasteiger charge is 2.21. The zero-order valence-corrected chi connectivity index (χ0v) is 19.0. The molecule has 5 rings (SSSR count). The van der Waals surface area contributed by atoms with Crippen LogP contribution in [-0.4, -0.2) is 37.6 Å². The van der Waals surface area contributed by atoms with E-state index < -0.39 is 5.91 Å². The quantitative estimate of drug-likeness (QED) is 0.336. The summed E-state index contributed by atoms with van der Waals surface area (Å²) >= 11 is 0. The van der Waals surface area contributed by atoms with Crippen molar-refractivity contribution in [3.8, 4) is 6.07 Å². The predicted molar refractivity (Wildman–Crippen MR) is 133 cm³/mol. The van der Waals surface area contributed by atoms with Crippen molar-refractivity contribution >= 4 is 34.6 Å². The first-order valence-corrected chi connectivity index (χ1v) is 11.5. The number of nitriles is 1. The van der Waals surface area contributed by atoms with Gasteiger partial charge in [-0.2, -0.15) is 5.26 Å². The molecule has 1 aliphatic carbocycles. The van der Waals surface area contributed by atoms with E-state index in [0.717, 1.165) is 37.1 Å². The monoisotopic (exact) mass is 467 g/mol. The molecule has 10 nitrogen and oxygen atoms in total. The molecule has 4 aromatic rings. The van der Waals surface area contributed by atoms with Crippen molar-refractivity contribution in [2.45, 2.75) is 37.8 Å².